The number of carbonyl (C=O) groups is 1. The van der Waals surface area contributed by atoms with Crippen molar-refractivity contribution in [1.82, 2.24) is 15.5 Å². The van der Waals surface area contributed by atoms with Gasteiger partial charge >= 0.3 is 0 Å². The maximum atomic E-state index is 12.2. The van der Waals surface area contributed by atoms with Gasteiger partial charge in [0.25, 0.3) is 0 Å². The highest BCUT2D eigenvalue weighted by molar-refractivity contribution is 5.84. The van der Waals surface area contributed by atoms with E-state index in [9.17, 15) is 4.79 Å². The topological polar surface area (TPSA) is 53.6 Å². The third-order valence-electron chi connectivity index (χ3n) is 5.12. The van der Waals surface area contributed by atoms with Crippen LogP contribution in [0.2, 0.25) is 0 Å². The first kappa shape index (κ1) is 15.0. The van der Waals surface area contributed by atoms with Crippen LogP contribution in [0, 0.1) is 0 Å². The van der Waals surface area contributed by atoms with Crippen LogP contribution < -0.4 is 10.6 Å². The van der Waals surface area contributed by atoms with Gasteiger partial charge in [-0.3, -0.25) is 15.0 Å². The number of amides is 1. The van der Waals surface area contributed by atoms with E-state index in [1.807, 2.05) is 12.2 Å². The standard InChI is InChI=1S/C16H27N3O2/c20-15(14-5-4-8-17-14)18-13-16(6-2-1-3-7-16)19-9-11-21-12-10-19/h4-5,14,17H,1-3,6-13H2,(H,18,20)/t14-/m1/s1. The number of ether oxygens (including phenoxy) is 1. The second-order valence-corrected chi connectivity index (χ2v) is 6.42. The summed E-state index contributed by atoms with van der Waals surface area (Å²) in [7, 11) is 0. The Bertz CT molecular complexity index is 385. The van der Waals surface area contributed by atoms with Crippen molar-refractivity contribution in [3.63, 3.8) is 0 Å². The van der Waals surface area contributed by atoms with E-state index in [1.54, 1.807) is 0 Å². The van der Waals surface area contributed by atoms with Gasteiger partial charge in [-0.1, -0.05) is 31.4 Å². The van der Waals surface area contributed by atoms with Crippen LogP contribution in [0.25, 0.3) is 0 Å². The van der Waals surface area contributed by atoms with Gasteiger partial charge in [0.1, 0.15) is 6.04 Å². The Hall–Kier alpha value is -0.910. The zero-order valence-electron chi connectivity index (χ0n) is 12.8. The smallest absolute Gasteiger partial charge is 0.241 e. The zero-order chi connectivity index (χ0) is 14.5. The molecule has 0 aromatic carbocycles. The molecule has 1 aliphatic carbocycles. The molecule has 0 aromatic heterocycles. The van der Waals surface area contributed by atoms with Gasteiger partial charge in [0.2, 0.25) is 5.91 Å². The van der Waals surface area contributed by atoms with Crippen LogP contribution in [0.15, 0.2) is 12.2 Å². The van der Waals surface area contributed by atoms with Crippen molar-refractivity contribution in [3.05, 3.63) is 12.2 Å². The minimum atomic E-state index is -0.143. The van der Waals surface area contributed by atoms with E-state index in [4.69, 9.17) is 4.74 Å². The van der Waals surface area contributed by atoms with E-state index in [2.05, 4.69) is 15.5 Å². The second kappa shape index (κ2) is 6.90. The lowest BCUT2D eigenvalue weighted by atomic mass is 9.79. The van der Waals surface area contributed by atoms with Crippen molar-refractivity contribution < 1.29 is 9.53 Å². The van der Waals surface area contributed by atoms with Gasteiger partial charge in [0, 0.05) is 31.7 Å². The largest absolute Gasteiger partial charge is 0.379 e. The van der Waals surface area contributed by atoms with E-state index in [0.29, 0.717) is 0 Å². The first-order chi connectivity index (χ1) is 10.3. The van der Waals surface area contributed by atoms with E-state index < -0.39 is 0 Å². The molecule has 2 heterocycles. The van der Waals surface area contributed by atoms with Crippen LogP contribution in [0.3, 0.4) is 0 Å². The van der Waals surface area contributed by atoms with Gasteiger partial charge in [0.05, 0.1) is 13.2 Å². The van der Waals surface area contributed by atoms with Crippen LogP contribution in [-0.4, -0.2) is 61.8 Å². The highest BCUT2D eigenvalue weighted by Gasteiger charge is 2.39. The molecule has 3 rings (SSSR count). The average molecular weight is 293 g/mol. The Morgan fingerprint density at radius 2 is 2.05 bits per heavy atom. The molecule has 5 heteroatoms. The van der Waals surface area contributed by atoms with Crippen molar-refractivity contribution in [2.75, 3.05) is 39.4 Å². The van der Waals surface area contributed by atoms with Gasteiger partial charge in [-0.05, 0) is 12.8 Å². The number of hydrogen-bond acceptors (Lipinski definition) is 4. The summed E-state index contributed by atoms with van der Waals surface area (Å²) in [6.07, 6.45) is 10.2. The SMILES string of the molecule is O=C(NCC1(N2CCOCC2)CCCCC1)[C@H]1C=CCN1. The van der Waals surface area contributed by atoms with E-state index in [1.165, 1.54) is 32.1 Å². The minimum Gasteiger partial charge on any atom is -0.379 e. The summed E-state index contributed by atoms with van der Waals surface area (Å²) >= 11 is 0. The second-order valence-electron chi connectivity index (χ2n) is 6.42. The molecule has 0 bridgehead atoms. The van der Waals surface area contributed by atoms with Gasteiger partial charge in [0.15, 0.2) is 0 Å². The fraction of sp³-hybridized carbons (Fsp3) is 0.812. The van der Waals surface area contributed by atoms with E-state index >= 15 is 0 Å². The van der Waals surface area contributed by atoms with Crippen molar-refractivity contribution in [1.29, 1.82) is 0 Å². The molecule has 0 radical (unpaired) electrons. The molecule has 1 saturated heterocycles. The average Bonchev–Trinajstić information content (AvgIpc) is 3.09. The zero-order valence-corrected chi connectivity index (χ0v) is 12.8. The first-order valence-electron chi connectivity index (χ1n) is 8.31. The van der Waals surface area contributed by atoms with Crippen molar-refractivity contribution >= 4 is 5.91 Å². The van der Waals surface area contributed by atoms with Gasteiger partial charge in [-0.2, -0.15) is 0 Å². The summed E-state index contributed by atoms with van der Waals surface area (Å²) in [6.45, 7) is 5.21. The lowest BCUT2D eigenvalue weighted by Crippen LogP contribution is -2.60. The molecule has 5 nitrogen and oxygen atoms in total. The molecule has 118 valence electrons. The third kappa shape index (κ3) is 3.47. The number of nitrogens with zero attached hydrogens (tertiary/aromatic N) is 1. The van der Waals surface area contributed by atoms with Gasteiger partial charge < -0.3 is 10.1 Å². The molecule has 3 aliphatic rings. The van der Waals surface area contributed by atoms with Crippen LogP contribution in [0.5, 0.6) is 0 Å². The molecule has 21 heavy (non-hydrogen) atoms. The molecular weight excluding hydrogens is 266 g/mol. The van der Waals surface area contributed by atoms with Crippen LogP contribution >= 0.6 is 0 Å². The molecule has 2 aliphatic heterocycles. The lowest BCUT2D eigenvalue weighted by molar-refractivity contribution is -0.123. The Morgan fingerprint density at radius 3 is 2.71 bits per heavy atom. The van der Waals surface area contributed by atoms with Crippen molar-refractivity contribution in [2.24, 2.45) is 0 Å². The Labute approximate surface area is 127 Å². The first-order valence-corrected chi connectivity index (χ1v) is 8.31. The van der Waals surface area contributed by atoms with Gasteiger partial charge in [-0.25, -0.2) is 0 Å². The summed E-state index contributed by atoms with van der Waals surface area (Å²) in [4.78, 5) is 14.8. The molecule has 1 amide bonds. The minimum absolute atomic E-state index is 0.113. The summed E-state index contributed by atoms with van der Waals surface area (Å²) in [6, 6.07) is -0.143. The number of carbonyl (C=O) groups excluding carboxylic acids is 1. The van der Waals surface area contributed by atoms with E-state index in [-0.39, 0.29) is 17.5 Å². The molecule has 1 saturated carbocycles. The highest BCUT2D eigenvalue weighted by Crippen LogP contribution is 2.33. The summed E-state index contributed by atoms with van der Waals surface area (Å²) in [5, 5.41) is 6.38. The predicted octanol–water partition coefficient (Wildman–Crippen LogP) is 0.666. The lowest BCUT2D eigenvalue weighted by Gasteiger charge is -2.48. The summed E-state index contributed by atoms with van der Waals surface area (Å²) < 4.78 is 5.49. The fourth-order valence-corrected chi connectivity index (χ4v) is 3.86. The Morgan fingerprint density at radius 1 is 1.29 bits per heavy atom. The predicted molar refractivity (Wildman–Crippen MR) is 82.1 cm³/mol. The Kier molecular flexibility index (Phi) is 4.93. The highest BCUT2D eigenvalue weighted by atomic mass is 16.5. The monoisotopic (exact) mass is 293 g/mol. The summed E-state index contributed by atoms with van der Waals surface area (Å²) in [5.74, 6) is 0.113. The number of rotatable bonds is 4. The van der Waals surface area contributed by atoms with Crippen LogP contribution in [-0.2, 0) is 9.53 Å². The number of nitrogens with one attached hydrogen (secondary N) is 2. The normalized spacial score (nSPS) is 29.4. The number of hydrogen-bond donors (Lipinski definition) is 2. The summed E-state index contributed by atoms with van der Waals surface area (Å²) in [5.41, 5.74) is 0.153. The molecule has 1 atom stereocenters. The quantitative estimate of drug-likeness (QED) is 0.748. The van der Waals surface area contributed by atoms with Crippen molar-refractivity contribution in [3.8, 4) is 0 Å². The molecule has 0 unspecified atom stereocenters. The molecule has 2 fully saturated rings. The maximum absolute atomic E-state index is 12.2. The fourth-order valence-electron chi connectivity index (χ4n) is 3.86. The molecule has 0 spiro atoms. The van der Waals surface area contributed by atoms with Crippen molar-refractivity contribution in [2.45, 2.75) is 43.7 Å². The van der Waals surface area contributed by atoms with Crippen LogP contribution in [0.4, 0.5) is 0 Å². The molecular formula is C16H27N3O2. The van der Waals surface area contributed by atoms with Gasteiger partial charge in [-0.15, -0.1) is 0 Å². The maximum Gasteiger partial charge on any atom is 0.241 e. The van der Waals surface area contributed by atoms with Crippen LogP contribution in [0.1, 0.15) is 32.1 Å². The molecule has 0 aromatic rings. The van der Waals surface area contributed by atoms with E-state index in [0.717, 1.165) is 39.4 Å². The molecule has 2 N–H and O–H groups in total. The number of morpholine rings is 1. The Balaban J connectivity index is 1.61. The third-order valence-corrected chi connectivity index (χ3v) is 5.12.